The highest BCUT2D eigenvalue weighted by Crippen LogP contribution is 2.03. The molecule has 0 bridgehead atoms. The van der Waals surface area contributed by atoms with Crippen LogP contribution in [0.1, 0.15) is 5.56 Å². The van der Waals surface area contributed by atoms with E-state index in [0.717, 1.165) is 5.56 Å². The molecule has 0 unspecified atom stereocenters. The summed E-state index contributed by atoms with van der Waals surface area (Å²) >= 11 is 0. The van der Waals surface area contributed by atoms with Crippen molar-refractivity contribution in [1.29, 1.82) is 0 Å². The van der Waals surface area contributed by atoms with E-state index in [1.54, 1.807) is 0 Å². The summed E-state index contributed by atoms with van der Waals surface area (Å²) in [6, 6.07) is 9.34. The standard InChI is InChI=1S/C10H15NO4S/c11-6-10(16(12,13)14)8-15-7-9-4-2-1-3-5-9/h1-5,10H,6-8,11H2,(H,12,13,14)/t10-/m0/s1. The average Bonchev–Trinajstić information content (AvgIpc) is 2.24. The van der Waals surface area contributed by atoms with Gasteiger partial charge >= 0.3 is 0 Å². The molecule has 5 nitrogen and oxygen atoms in total. The molecule has 0 saturated carbocycles. The van der Waals surface area contributed by atoms with Gasteiger partial charge in [-0.25, -0.2) is 0 Å². The second kappa shape index (κ2) is 5.95. The Bertz CT molecular complexity index is 404. The molecule has 1 aromatic carbocycles. The van der Waals surface area contributed by atoms with Gasteiger partial charge in [0.1, 0.15) is 5.25 Å². The highest BCUT2D eigenvalue weighted by Gasteiger charge is 2.21. The van der Waals surface area contributed by atoms with Crippen LogP contribution in [0.5, 0.6) is 0 Å². The minimum atomic E-state index is -4.12. The summed E-state index contributed by atoms with van der Waals surface area (Å²) in [6.45, 7) is 0.0325. The minimum absolute atomic E-state index is 0.107. The second-order valence-electron chi connectivity index (χ2n) is 3.37. The van der Waals surface area contributed by atoms with Crippen molar-refractivity contribution in [3.63, 3.8) is 0 Å². The lowest BCUT2D eigenvalue weighted by molar-refractivity contribution is 0.120. The molecule has 3 N–H and O–H groups in total. The summed E-state index contributed by atoms with van der Waals surface area (Å²) in [5, 5.41) is -1.06. The Labute approximate surface area is 95.0 Å². The quantitative estimate of drug-likeness (QED) is 0.709. The first-order chi connectivity index (χ1) is 7.54. The van der Waals surface area contributed by atoms with Crippen LogP contribution in [0.15, 0.2) is 30.3 Å². The van der Waals surface area contributed by atoms with Crippen LogP contribution in [0.25, 0.3) is 0 Å². The van der Waals surface area contributed by atoms with Crippen molar-refractivity contribution in [2.24, 2.45) is 5.73 Å². The fourth-order valence-electron chi connectivity index (χ4n) is 1.16. The fourth-order valence-corrected chi connectivity index (χ4v) is 1.67. The number of ether oxygens (including phenoxy) is 1. The van der Waals surface area contributed by atoms with Crippen molar-refractivity contribution >= 4 is 10.1 Å². The van der Waals surface area contributed by atoms with Crippen LogP contribution in [0.3, 0.4) is 0 Å². The van der Waals surface area contributed by atoms with Crippen LogP contribution in [-0.4, -0.2) is 31.4 Å². The Morgan fingerprint density at radius 3 is 2.44 bits per heavy atom. The lowest BCUT2D eigenvalue weighted by Gasteiger charge is -2.11. The van der Waals surface area contributed by atoms with Gasteiger partial charge < -0.3 is 10.5 Å². The van der Waals surface area contributed by atoms with Gasteiger partial charge in [-0.15, -0.1) is 0 Å². The lowest BCUT2D eigenvalue weighted by Crippen LogP contribution is -2.33. The summed E-state index contributed by atoms with van der Waals surface area (Å²) in [5.41, 5.74) is 6.16. The smallest absolute Gasteiger partial charge is 0.271 e. The van der Waals surface area contributed by atoms with Crippen LogP contribution in [-0.2, 0) is 21.5 Å². The van der Waals surface area contributed by atoms with Crippen molar-refractivity contribution in [2.75, 3.05) is 13.2 Å². The first kappa shape index (κ1) is 13.1. The Morgan fingerprint density at radius 2 is 1.94 bits per heavy atom. The summed E-state index contributed by atoms with van der Waals surface area (Å²) in [5.74, 6) is 0. The van der Waals surface area contributed by atoms with Gasteiger partial charge in [-0.05, 0) is 5.56 Å². The molecular weight excluding hydrogens is 230 g/mol. The summed E-state index contributed by atoms with van der Waals surface area (Å²) in [4.78, 5) is 0. The Hall–Kier alpha value is -0.950. The number of hydrogen-bond acceptors (Lipinski definition) is 4. The normalized spacial score (nSPS) is 13.6. The van der Waals surface area contributed by atoms with Gasteiger partial charge in [-0.2, -0.15) is 8.42 Å². The van der Waals surface area contributed by atoms with Crippen LogP contribution >= 0.6 is 0 Å². The first-order valence-electron chi connectivity index (χ1n) is 4.82. The molecule has 0 saturated heterocycles. The molecule has 16 heavy (non-hydrogen) atoms. The van der Waals surface area contributed by atoms with Crippen LogP contribution in [0, 0.1) is 0 Å². The number of benzene rings is 1. The zero-order valence-electron chi connectivity index (χ0n) is 8.74. The molecule has 90 valence electrons. The van der Waals surface area contributed by atoms with E-state index >= 15 is 0 Å². The van der Waals surface area contributed by atoms with Gasteiger partial charge in [0.25, 0.3) is 10.1 Å². The molecular formula is C10H15NO4S. The third-order valence-corrected chi connectivity index (χ3v) is 3.27. The summed E-state index contributed by atoms with van der Waals surface area (Å²) < 4.78 is 35.6. The fraction of sp³-hybridized carbons (Fsp3) is 0.400. The molecule has 1 aromatic rings. The third kappa shape index (κ3) is 4.28. The van der Waals surface area contributed by atoms with E-state index in [0.29, 0.717) is 6.61 Å². The topological polar surface area (TPSA) is 89.6 Å². The Morgan fingerprint density at radius 1 is 1.31 bits per heavy atom. The maximum atomic E-state index is 10.8. The predicted molar refractivity (Wildman–Crippen MR) is 60.5 cm³/mol. The Balaban J connectivity index is 2.41. The third-order valence-electron chi connectivity index (χ3n) is 2.10. The highest BCUT2D eigenvalue weighted by atomic mass is 32.2. The van der Waals surface area contributed by atoms with E-state index < -0.39 is 15.4 Å². The van der Waals surface area contributed by atoms with Gasteiger partial charge in [0.05, 0.1) is 13.2 Å². The van der Waals surface area contributed by atoms with Crippen molar-refractivity contribution < 1.29 is 17.7 Å². The minimum Gasteiger partial charge on any atom is -0.375 e. The maximum absolute atomic E-state index is 10.8. The maximum Gasteiger partial charge on any atom is 0.271 e. The van der Waals surface area contributed by atoms with Gasteiger partial charge in [-0.3, -0.25) is 4.55 Å². The molecule has 0 aliphatic rings. The number of rotatable bonds is 6. The molecule has 0 aromatic heterocycles. The van der Waals surface area contributed by atoms with Crippen LogP contribution in [0.2, 0.25) is 0 Å². The van der Waals surface area contributed by atoms with Gasteiger partial charge in [0, 0.05) is 6.54 Å². The molecule has 1 atom stereocenters. The van der Waals surface area contributed by atoms with Crippen molar-refractivity contribution in [2.45, 2.75) is 11.9 Å². The van der Waals surface area contributed by atoms with Crippen LogP contribution in [0.4, 0.5) is 0 Å². The van der Waals surface area contributed by atoms with E-state index in [-0.39, 0.29) is 13.2 Å². The molecule has 0 amide bonds. The largest absolute Gasteiger partial charge is 0.375 e. The Kier molecular flexibility index (Phi) is 4.88. The summed E-state index contributed by atoms with van der Waals surface area (Å²) in [7, 11) is -4.12. The van der Waals surface area contributed by atoms with Crippen molar-refractivity contribution in [3.05, 3.63) is 35.9 Å². The van der Waals surface area contributed by atoms with Crippen molar-refractivity contribution in [1.82, 2.24) is 0 Å². The lowest BCUT2D eigenvalue weighted by atomic mass is 10.2. The van der Waals surface area contributed by atoms with E-state index in [1.165, 1.54) is 0 Å². The highest BCUT2D eigenvalue weighted by molar-refractivity contribution is 7.86. The zero-order valence-corrected chi connectivity index (χ0v) is 9.56. The monoisotopic (exact) mass is 245 g/mol. The first-order valence-corrected chi connectivity index (χ1v) is 6.32. The molecule has 0 heterocycles. The molecule has 6 heteroatoms. The van der Waals surface area contributed by atoms with E-state index in [2.05, 4.69) is 0 Å². The molecule has 0 aliphatic heterocycles. The predicted octanol–water partition coefficient (Wildman–Crippen LogP) is 0.418. The summed E-state index contributed by atoms with van der Waals surface area (Å²) in [6.07, 6.45) is 0. The molecule has 0 aliphatic carbocycles. The van der Waals surface area contributed by atoms with Crippen LogP contribution < -0.4 is 5.73 Å². The van der Waals surface area contributed by atoms with Crippen molar-refractivity contribution in [3.8, 4) is 0 Å². The van der Waals surface area contributed by atoms with Gasteiger partial charge in [0.15, 0.2) is 0 Å². The second-order valence-corrected chi connectivity index (χ2v) is 5.07. The van der Waals surface area contributed by atoms with Gasteiger partial charge in [0.2, 0.25) is 0 Å². The van der Waals surface area contributed by atoms with E-state index in [1.807, 2.05) is 30.3 Å². The zero-order chi connectivity index (χ0) is 12.0. The molecule has 0 spiro atoms. The van der Waals surface area contributed by atoms with E-state index in [4.69, 9.17) is 15.0 Å². The molecule has 0 fully saturated rings. The average molecular weight is 245 g/mol. The number of hydrogen-bond donors (Lipinski definition) is 2. The van der Waals surface area contributed by atoms with E-state index in [9.17, 15) is 8.42 Å². The SMILES string of the molecule is NC[C@@H](COCc1ccccc1)S(=O)(=O)O. The number of nitrogens with two attached hydrogens (primary N) is 1. The molecule has 0 radical (unpaired) electrons. The van der Waals surface area contributed by atoms with Gasteiger partial charge in [-0.1, -0.05) is 30.3 Å². The molecule has 1 rings (SSSR count).